The molecule has 0 amide bonds. The number of benzene rings is 1. The standard InChI is InChI=1S/C26H40N8/c1-4-12-31(15-7-19-34-20-16-30(17-21-34)18-22-34)25-10-8-24(9-11-25)28-29-26-32(13-5-2)23-27-33(26)14-6-3/h5-6,8-11,23H,2-4,7,12-22H2,1H3/q+2. The number of hydrogen-bond donors (Lipinski definition) is 0. The van der Waals surface area contributed by atoms with Crippen LogP contribution in [0.1, 0.15) is 19.8 Å². The molecule has 3 saturated heterocycles. The number of hydrogen-bond acceptors (Lipinski definition) is 5. The molecule has 8 heteroatoms. The normalized spacial score (nSPS) is 21.7. The van der Waals surface area contributed by atoms with Crippen molar-refractivity contribution < 1.29 is 9.05 Å². The minimum absolute atomic E-state index is 0.585. The summed E-state index contributed by atoms with van der Waals surface area (Å²) in [7, 11) is 0. The quantitative estimate of drug-likeness (QED) is 0.197. The van der Waals surface area contributed by atoms with Crippen LogP contribution in [-0.4, -0.2) is 78.1 Å². The summed E-state index contributed by atoms with van der Waals surface area (Å²) in [4.78, 5) is 5.14. The molecule has 2 aromatic rings. The SMILES string of the molecule is C=CCn1nc[n+](CC=C)c1N=Nc1ccc(N(CCC)CCC[N+]23CCN(CC2)CC3)cc1. The Labute approximate surface area is 204 Å². The lowest BCUT2D eigenvalue weighted by Gasteiger charge is -2.50. The maximum absolute atomic E-state index is 4.48. The third kappa shape index (κ3) is 5.80. The van der Waals surface area contributed by atoms with E-state index >= 15 is 0 Å². The minimum Gasteiger partial charge on any atom is -0.371 e. The van der Waals surface area contributed by atoms with Crippen molar-refractivity contribution in [3.8, 4) is 0 Å². The van der Waals surface area contributed by atoms with Gasteiger partial charge in [-0.25, -0.2) is 4.57 Å². The number of aromatic nitrogens is 3. The molecule has 3 aliphatic rings. The Kier molecular flexibility index (Phi) is 8.24. The largest absolute Gasteiger partial charge is 0.404 e. The van der Waals surface area contributed by atoms with E-state index in [0.717, 1.165) is 25.2 Å². The molecule has 1 aromatic carbocycles. The molecule has 8 nitrogen and oxygen atoms in total. The number of quaternary nitrogens is 1. The molecule has 34 heavy (non-hydrogen) atoms. The van der Waals surface area contributed by atoms with Gasteiger partial charge in [-0.1, -0.05) is 24.2 Å². The van der Waals surface area contributed by atoms with Crippen molar-refractivity contribution in [3.05, 3.63) is 55.9 Å². The maximum Gasteiger partial charge on any atom is 0.404 e. The first-order chi connectivity index (χ1) is 16.7. The van der Waals surface area contributed by atoms with Gasteiger partial charge in [-0.2, -0.15) is 0 Å². The lowest BCUT2D eigenvalue weighted by Crippen LogP contribution is -2.67. The van der Waals surface area contributed by atoms with E-state index in [-0.39, 0.29) is 0 Å². The first-order valence-corrected chi connectivity index (χ1v) is 12.7. The van der Waals surface area contributed by atoms with E-state index < -0.39 is 0 Å². The van der Waals surface area contributed by atoms with Crippen LogP contribution in [0.25, 0.3) is 0 Å². The van der Waals surface area contributed by atoms with Crippen LogP contribution in [0, 0.1) is 0 Å². The Morgan fingerprint density at radius 1 is 1.06 bits per heavy atom. The summed E-state index contributed by atoms with van der Waals surface area (Å²) in [5.41, 5.74) is 2.10. The van der Waals surface area contributed by atoms with Gasteiger partial charge in [0.25, 0.3) is 0 Å². The van der Waals surface area contributed by atoms with E-state index in [0.29, 0.717) is 19.0 Å². The van der Waals surface area contributed by atoms with Gasteiger partial charge in [0.1, 0.15) is 6.54 Å². The monoisotopic (exact) mass is 464 g/mol. The van der Waals surface area contributed by atoms with Crippen LogP contribution in [0.15, 0.2) is 66.1 Å². The molecule has 0 N–H and O–H groups in total. The number of allylic oxidation sites excluding steroid dienone is 2. The number of rotatable bonds is 13. The Balaban J connectivity index is 1.38. The van der Waals surface area contributed by atoms with Gasteiger partial charge >= 0.3 is 5.95 Å². The van der Waals surface area contributed by atoms with Crippen molar-refractivity contribution in [2.75, 3.05) is 63.8 Å². The van der Waals surface area contributed by atoms with Crippen LogP contribution in [0.3, 0.4) is 0 Å². The zero-order valence-corrected chi connectivity index (χ0v) is 20.7. The molecule has 0 atom stereocenters. The van der Waals surface area contributed by atoms with Crippen molar-refractivity contribution in [1.29, 1.82) is 0 Å². The number of piperazine rings is 3. The summed E-state index contributed by atoms with van der Waals surface area (Å²) in [5, 5.41) is 13.3. The second kappa shape index (κ2) is 11.5. The average molecular weight is 465 g/mol. The fraction of sp³-hybridized carbons (Fsp3) is 0.538. The van der Waals surface area contributed by atoms with Gasteiger partial charge in [0.05, 0.1) is 38.4 Å². The summed E-state index contributed by atoms with van der Waals surface area (Å²) in [6.45, 7) is 22.5. The zero-order chi connectivity index (χ0) is 23.8. The van der Waals surface area contributed by atoms with E-state index in [2.05, 4.69) is 69.5 Å². The van der Waals surface area contributed by atoms with Crippen LogP contribution in [0.5, 0.6) is 0 Å². The Morgan fingerprint density at radius 3 is 2.44 bits per heavy atom. The van der Waals surface area contributed by atoms with Gasteiger partial charge in [0.15, 0.2) is 0 Å². The molecular formula is C26H40N8+2. The molecule has 0 spiro atoms. The smallest absolute Gasteiger partial charge is 0.371 e. The minimum atomic E-state index is 0.585. The molecule has 0 saturated carbocycles. The number of azo groups is 1. The Hall–Kier alpha value is -2.84. The molecule has 0 radical (unpaired) electrons. The third-order valence-electron chi connectivity index (χ3n) is 7.14. The summed E-state index contributed by atoms with van der Waals surface area (Å²) >= 11 is 0. The Bertz CT molecular complexity index is 928. The molecule has 3 aliphatic heterocycles. The van der Waals surface area contributed by atoms with Crippen molar-refractivity contribution in [2.45, 2.75) is 32.9 Å². The molecule has 0 unspecified atom stereocenters. The topological polar surface area (TPSA) is 52.9 Å². The predicted octanol–water partition coefficient (Wildman–Crippen LogP) is 3.71. The molecule has 2 bridgehead atoms. The average Bonchev–Trinajstić information content (AvgIpc) is 3.25. The molecule has 0 aliphatic carbocycles. The summed E-state index contributed by atoms with van der Waals surface area (Å²) < 4.78 is 5.04. The highest BCUT2D eigenvalue weighted by atomic mass is 15.5. The number of nitrogens with zero attached hydrogens (tertiary/aromatic N) is 8. The van der Waals surface area contributed by atoms with Crippen molar-refractivity contribution in [3.63, 3.8) is 0 Å². The van der Waals surface area contributed by atoms with Gasteiger partial charge in [0.2, 0.25) is 6.33 Å². The molecule has 5 rings (SSSR count). The van der Waals surface area contributed by atoms with Gasteiger partial charge in [-0.05, 0) is 35.8 Å². The Morgan fingerprint density at radius 2 is 1.79 bits per heavy atom. The molecule has 1 aromatic heterocycles. The van der Waals surface area contributed by atoms with Crippen molar-refractivity contribution >= 4 is 17.3 Å². The first kappa shape index (κ1) is 24.3. The van der Waals surface area contributed by atoms with Gasteiger partial charge in [-0.15, -0.1) is 17.8 Å². The summed E-state index contributed by atoms with van der Waals surface area (Å²) in [5.74, 6) is 0.683. The van der Waals surface area contributed by atoms with Crippen LogP contribution in [0.2, 0.25) is 0 Å². The molecule has 4 heterocycles. The van der Waals surface area contributed by atoms with Crippen LogP contribution >= 0.6 is 0 Å². The first-order valence-electron chi connectivity index (χ1n) is 12.7. The van der Waals surface area contributed by atoms with Gasteiger partial charge in [0, 0.05) is 49.9 Å². The van der Waals surface area contributed by atoms with Crippen LogP contribution in [0.4, 0.5) is 17.3 Å². The predicted molar refractivity (Wildman–Crippen MR) is 137 cm³/mol. The number of fused-ring (bicyclic) bond motifs is 3. The highest BCUT2D eigenvalue weighted by Gasteiger charge is 2.37. The lowest BCUT2D eigenvalue weighted by molar-refractivity contribution is -0.941. The molecular weight excluding hydrogens is 424 g/mol. The third-order valence-corrected chi connectivity index (χ3v) is 7.14. The summed E-state index contributed by atoms with van der Waals surface area (Å²) in [6, 6.07) is 8.46. The molecule has 3 fully saturated rings. The van der Waals surface area contributed by atoms with E-state index in [9.17, 15) is 0 Å². The van der Waals surface area contributed by atoms with Gasteiger partial charge in [-0.3, -0.25) is 4.90 Å². The van der Waals surface area contributed by atoms with Crippen LogP contribution in [-0.2, 0) is 13.1 Å². The fourth-order valence-electron chi connectivity index (χ4n) is 5.14. The summed E-state index contributed by atoms with van der Waals surface area (Å²) in [6.07, 6.45) is 7.77. The van der Waals surface area contributed by atoms with Crippen LogP contribution < -0.4 is 9.47 Å². The van der Waals surface area contributed by atoms with Crippen molar-refractivity contribution in [2.24, 2.45) is 10.2 Å². The van der Waals surface area contributed by atoms with E-state index in [4.69, 9.17) is 0 Å². The van der Waals surface area contributed by atoms with E-state index in [1.165, 1.54) is 62.4 Å². The second-order valence-corrected chi connectivity index (χ2v) is 9.48. The highest BCUT2D eigenvalue weighted by Crippen LogP contribution is 2.24. The zero-order valence-electron chi connectivity index (χ0n) is 20.7. The highest BCUT2D eigenvalue weighted by molar-refractivity contribution is 5.52. The van der Waals surface area contributed by atoms with E-state index in [1.54, 1.807) is 17.1 Å². The second-order valence-electron chi connectivity index (χ2n) is 9.48. The van der Waals surface area contributed by atoms with E-state index in [1.807, 2.05) is 10.6 Å². The maximum atomic E-state index is 4.48. The van der Waals surface area contributed by atoms with Crippen molar-refractivity contribution in [1.82, 2.24) is 14.7 Å². The molecule has 182 valence electrons. The lowest BCUT2D eigenvalue weighted by atomic mass is 10.1. The number of anilines is 1. The fourth-order valence-corrected chi connectivity index (χ4v) is 5.14. The van der Waals surface area contributed by atoms with Gasteiger partial charge < -0.3 is 9.38 Å².